The molecular formula is C14H22ClN5O. The van der Waals surface area contributed by atoms with Crippen LogP contribution in [0.15, 0.2) is 0 Å². The molecule has 3 heterocycles. The van der Waals surface area contributed by atoms with E-state index in [4.69, 9.17) is 16.3 Å². The first-order valence-electron chi connectivity index (χ1n) is 7.81. The highest BCUT2D eigenvalue weighted by Gasteiger charge is 2.35. The molecule has 2 atom stereocenters. The van der Waals surface area contributed by atoms with Crippen LogP contribution in [0, 0.1) is 0 Å². The Morgan fingerprint density at radius 2 is 2.14 bits per heavy atom. The topological polar surface area (TPSA) is 63.2 Å². The molecule has 0 aliphatic carbocycles. The second kappa shape index (κ2) is 6.75. The fourth-order valence-corrected chi connectivity index (χ4v) is 3.39. The number of rotatable bonds is 5. The molecular weight excluding hydrogens is 290 g/mol. The molecule has 0 aromatic carbocycles. The monoisotopic (exact) mass is 311 g/mol. The molecule has 0 saturated carbocycles. The van der Waals surface area contributed by atoms with Crippen LogP contribution >= 0.6 is 11.6 Å². The summed E-state index contributed by atoms with van der Waals surface area (Å²) in [6, 6.07) is 1.29. The quantitative estimate of drug-likeness (QED) is 0.900. The molecule has 7 heteroatoms. The summed E-state index contributed by atoms with van der Waals surface area (Å²) in [6.07, 6.45) is 5.90. The van der Waals surface area contributed by atoms with E-state index in [1.54, 1.807) is 0 Å². The van der Waals surface area contributed by atoms with E-state index >= 15 is 0 Å². The summed E-state index contributed by atoms with van der Waals surface area (Å²) in [5.41, 5.74) is 0. The number of aromatic nitrogens is 3. The number of fused-ring (bicyclic) bond motifs is 1. The van der Waals surface area contributed by atoms with Crippen molar-refractivity contribution in [3.63, 3.8) is 0 Å². The van der Waals surface area contributed by atoms with Crippen LogP contribution in [-0.2, 0) is 0 Å². The van der Waals surface area contributed by atoms with E-state index in [0.29, 0.717) is 30.6 Å². The average molecular weight is 312 g/mol. The van der Waals surface area contributed by atoms with Crippen LogP contribution in [0.5, 0.6) is 6.01 Å². The molecule has 3 rings (SSSR count). The summed E-state index contributed by atoms with van der Waals surface area (Å²) in [5, 5.41) is 3.61. The van der Waals surface area contributed by atoms with Crippen LogP contribution < -0.4 is 10.1 Å². The van der Waals surface area contributed by atoms with Crippen molar-refractivity contribution in [2.24, 2.45) is 0 Å². The zero-order chi connectivity index (χ0) is 14.7. The molecule has 0 radical (unpaired) electrons. The molecule has 2 fully saturated rings. The molecule has 116 valence electrons. The van der Waals surface area contributed by atoms with Crippen LogP contribution in [0.4, 0.5) is 5.95 Å². The van der Waals surface area contributed by atoms with E-state index in [2.05, 4.69) is 25.2 Å². The Labute approximate surface area is 130 Å². The molecule has 2 unspecified atom stereocenters. The van der Waals surface area contributed by atoms with E-state index in [-0.39, 0.29) is 5.28 Å². The second-order valence-electron chi connectivity index (χ2n) is 5.70. The lowest BCUT2D eigenvalue weighted by Crippen LogP contribution is -2.42. The number of ether oxygens (including phenoxy) is 1. The summed E-state index contributed by atoms with van der Waals surface area (Å²) in [5.74, 6) is 0.526. The van der Waals surface area contributed by atoms with E-state index in [9.17, 15) is 0 Å². The molecule has 21 heavy (non-hydrogen) atoms. The highest BCUT2D eigenvalue weighted by Crippen LogP contribution is 2.29. The first-order valence-corrected chi connectivity index (χ1v) is 8.19. The van der Waals surface area contributed by atoms with Crippen molar-refractivity contribution in [2.45, 2.75) is 51.1 Å². The van der Waals surface area contributed by atoms with Gasteiger partial charge in [-0.2, -0.15) is 15.0 Å². The summed E-state index contributed by atoms with van der Waals surface area (Å²) in [4.78, 5) is 15.1. The number of anilines is 1. The van der Waals surface area contributed by atoms with Gasteiger partial charge in [-0.05, 0) is 43.8 Å². The molecule has 6 nitrogen and oxygen atoms in total. The highest BCUT2D eigenvalue weighted by molar-refractivity contribution is 6.28. The Morgan fingerprint density at radius 1 is 1.24 bits per heavy atom. The second-order valence-corrected chi connectivity index (χ2v) is 6.04. The minimum atomic E-state index is 0.178. The van der Waals surface area contributed by atoms with E-state index < -0.39 is 0 Å². The van der Waals surface area contributed by atoms with E-state index in [0.717, 1.165) is 19.4 Å². The zero-order valence-corrected chi connectivity index (χ0v) is 13.1. The number of hydrogen-bond donors (Lipinski definition) is 1. The maximum Gasteiger partial charge on any atom is 0.322 e. The third kappa shape index (κ3) is 3.55. The Hall–Kier alpha value is -1.14. The predicted molar refractivity (Wildman–Crippen MR) is 81.9 cm³/mol. The van der Waals surface area contributed by atoms with Gasteiger partial charge in [-0.3, -0.25) is 4.90 Å². The van der Waals surface area contributed by atoms with Crippen LogP contribution in [0.1, 0.15) is 39.0 Å². The Balaban J connectivity index is 1.68. The minimum Gasteiger partial charge on any atom is -0.463 e. The zero-order valence-electron chi connectivity index (χ0n) is 12.4. The van der Waals surface area contributed by atoms with Gasteiger partial charge in [0.2, 0.25) is 11.2 Å². The molecule has 1 aromatic heterocycles. The van der Waals surface area contributed by atoms with Gasteiger partial charge in [-0.15, -0.1) is 0 Å². The number of nitrogens with zero attached hydrogens (tertiary/aromatic N) is 4. The fourth-order valence-electron chi connectivity index (χ4n) is 3.24. The minimum absolute atomic E-state index is 0.178. The number of hydrogen-bond acceptors (Lipinski definition) is 6. The summed E-state index contributed by atoms with van der Waals surface area (Å²) in [7, 11) is 0. The lowest BCUT2D eigenvalue weighted by atomic mass is 9.99. The van der Waals surface area contributed by atoms with Crippen LogP contribution in [0.25, 0.3) is 0 Å². The van der Waals surface area contributed by atoms with Gasteiger partial charge < -0.3 is 10.1 Å². The van der Waals surface area contributed by atoms with Gasteiger partial charge >= 0.3 is 6.01 Å². The predicted octanol–water partition coefficient (Wildman–Crippen LogP) is 2.35. The maximum absolute atomic E-state index is 5.96. The summed E-state index contributed by atoms with van der Waals surface area (Å²) >= 11 is 5.96. The van der Waals surface area contributed by atoms with Crippen molar-refractivity contribution >= 4 is 17.5 Å². The lowest BCUT2D eigenvalue weighted by Gasteiger charge is -2.32. The summed E-state index contributed by atoms with van der Waals surface area (Å²) in [6.45, 7) is 4.99. The third-order valence-electron chi connectivity index (χ3n) is 4.19. The van der Waals surface area contributed by atoms with Crippen molar-refractivity contribution < 1.29 is 4.74 Å². The average Bonchev–Trinajstić information content (AvgIpc) is 2.88. The van der Waals surface area contributed by atoms with Gasteiger partial charge in [0.1, 0.15) is 0 Å². The molecule has 1 aromatic rings. The summed E-state index contributed by atoms with van der Waals surface area (Å²) < 4.78 is 5.45. The van der Waals surface area contributed by atoms with Crippen molar-refractivity contribution in [3.8, 4) is 6.01 Å². The molecule has 0 bridgehead atoms. The molecule has 2 saturated heterocycles. The first-order chi connectivity index (χ1) is 10.3. The molecule has 2 aliphatic rings. The smallest absolute Gasteiger partial charge is 0.322 e. The van der Waals surface area contributed by atoms with Crippen molar-refractivity contribution in [1.29, 1.82) is 0 Å². The SMILES string of the molecule is CCCOc1nc(Cl)nc(NC2CCN3CCCCC23)n1. The molecule has 0 amide bonds. The molecule has 2 aliphatic heterocycles. The highest BCUT2D eigenvalue weighted by atomic mass is 35.5. The molecule has 0 spiro atoms. The Bertz CT molecular complexity index is 486. The van der Waals surface area contributed by atoms with Gasteiger partial charge in [-0.1, -0.05) is 13.3 Å². The Morgan fingerprint density at radius 3 is 3.00 bits per heavy atom. The largest absolute Gasteiger partial charge is 0.463 e. The van der Waals surface area contributed by atoms with Gasteiger partial charge in [0.25, 0.3) is 0 Å². The Kier molecular flexibility index (Phi) is 4.75. The molecule has 1 N–H and O–H groups in total. The van der Waals surface area contributed by atoms with E-state index in [1.807, 2.05) is 6.92 Å². The number of piperidine rings is 1. The van der Waals surface area contributed by atoms with Gasteiger partial charge in [0.15, 0.2) is 0 Å². The normalized spacial score (nSPS) is 25.6. The maximum atomic E-state index is 5.96. The fraction of sp³-hybridized carbons (Fsp3) is 0.786. The van der Waals surface area contributed by atoms with Gasteiger partial charge in [0.05, 0.1) is 6.61 Å². The lowest BCUT2D eigenvalue weighted by molar-refractivity contribution is 0.192. The van der Waals surface area contributed by atoms with Crippen molar-refractivity contribution in [3.05, 3.63) is 5.28 Å². The van der Waals surface area contributed by atoms with Crippen LogP contribution in [-0.4, -0.2) is 51.6 Å². The van der Waals surface area contributed by atoms with Crippen molar-refractivity contribution in [1.82, 2.24) is 19.9 Å². The first kappa shape index (κ1) is 14.8. The van der Waals surface area contributed by atoms with Gasteiger partial charge in [0, 0.05) is 18.6 Å². The van der Waals surface area contributed by atoms with Crippen molar-refractivity contribution in [2.75, 3.05) is 25.0 Å². The van der Waals surface area contributed by atoms with Gasteiger partial charge in [-0.25, -0.2) is 0 Å². The van der Waals surface area contributed by atoms with Crippen LogP contribution in [0.3, 0.4) is 0 Å². The number of halogens is 1. The standard InChI is InChI=1S/C14H22ClN5O/c1-2-9-21-14-18-12(15)17-13(19-14)16-10-6-8-20-7-4-3-5-11(10)20/h10-11H,2-9H2,1H3,(H,16,17,18,19). The van der Waals surface area contributed by atoms with Crippen LogP contribution in [0.2, 0.25) is 5.28 Å². The number of nitrogens with one attached hydrogen (secondary N) is 1. The third-order valence-corrected chi connectivity index (χ3v) is 4.36. The van der Waals surface area contributed by atoms with E-state index in [1.165, 1.54) is 25.8 Å².